The predicted molar refractivity (Wildman–Crippen MR) is 84.7 cm³/mol. The van der Waals surface area contributed by atoms with Crippen molar-refractivity contribution in [3.8, 4) is 0 Å². The highest BCUT2D eigenvalue weighted by Gasteiger charge is 2.26. The molecule has 0 bridgehead atoms. The maximum absolute atomic E-state index is 12.3. The van der Waals surface area contributed by atoms with Crippen molar-refractivity contribution < 1.29 is 13.3 Å². The molecule has 2 aromatic rings. The average Bonchev–Trinajstić information content (AvgIpc) is 2.91. The Labute approximate surface area is 134 Å². The zero-order chi connectivity index (χ0) is 16.2. The predicted octanol–water partition coefficient (Wildman–Crippen LogP) is 2.53. The fourth-order valence-corrected chi connectivity index (χ4v) is 4.36. The molecule has 8 nitrogen and oxygen atoms in total. The molecule has 1 aromatic heterocycles. The largest absolute Gasteiger partial charge is 0.289 e. The molecular formula is C11H10N4O4S3. The van der Waals surface area contributed by atoms with Crippen molar-refractivity contribution in [2.45, 2.75) is 9.24 Å². The molecule has 22 heavy (non-hydrogen) atoms. The molecular weight excluding hydrogens is 348 g/mol. The summed E-state index contributed by atoms with van der Waals surface area (Å²) in [5, 5.41) is 18.5. The minimum atomic E-state index is -4.11. The number of anilines is 1. The zero-order valence-corrected chi connectivity index (χ0v) is 13.4. The van der Waals surface area contributed by atoms with Crippen LogP contribution >= 0.6 is 23.1 Å². The van der Waals surface area contributed by atoms with E-state index in [0.29, 0.717) is 10.1 Å². The number of thioether (sulfide) groups is 1. The summed E-state index contributed by atoms with van der Waals surface area (Å²) < 4.78 is 27.3. The van der Waals surface area contributed by atoms with Crippen LogP contribution in [0.2, 0.25) is 0 Å². The van der Waals surface area contributed by atoms with Gasteiger partial charge in [0.15, 0.2) is 9.24 Å². The lowest BCUT2D eigenvalue weighted by Crippen LogP contribution is -2.14. The van der Waals surface area contributed by atoms with Gasteiger partial charge in [-0.2, -0.15) is 0 Å². The first-order valence-electron chi connectivity index (χ1n) is 5.77. The lowest BCUT2D eigenvalue weighted by molar-refractivity contribution is -0.387. The Hall–Kier alpha value is -1.98. The number of para-hydroxylation sites is 1. The smallest absolute Gasteiger partial charge is 0.258 e. The SMILES string of the molecule is C=CCSc1nnc(NS(=O)(=O)c2ccccc2[N+](=O)[O-])s1. The quantitative estimate of drug-likeness (QED) is 0.350. The van der Waals surface area contributed by atoms with E-state index in [-0.39, 0.29) is 5.13 Å². The summed E-state index contributed by atoms with van der Waals surface area (Å²) in [6.07, 6.45) is 1.68. The zero-order valence-electron chi connectivity index (χ0n) is 11.0. The van der Waals surface area contributed by atoms with Crippen molar-refractivity contribution in [2.24, 2.45) is 0 Å². The van der Waals surface area contributed by atoms with Gasteiger partial charge in [0.1, 0.15) is 0 Å². The number of nitro groups is 1. The molecule has 0 fully saturated rings. The average molecular weight is 358 g/mol. The van der Waals surface area contributed by atoms with Crippen LogP contribution in [0.1, 0.15) is 0 Å². The summed E-state index contributed by atoms with van der Waals surface area (Å²) in [5.41, 5.74) is -0.499. The van der Waals surface area contributed by atoms with Crippen LogP contribution in [-0.4, -0.2) is 29.3 Å². The highest BCUT2D eigenvalue weighted by atomic mass is 32.2. The summed E-state index contributed by atoms with van der Waals surface area (Å²) >= 11 is 2.40. The molecule has 0 atom stereocenters. The van der Waals surface area contributed by atoms with Crippen molar-refractivity contribution in [1.29, 1.82) is 0 Å². The third kappa shape index (κ3) is 3.81. The van der Waals surface area contributed by atoms with Gasteiger partial charge in [-0.3, -0.25) is 14.8 Å². The molecule has 0 aliphatic heterocycles. The van der Waals surface area contributed by atoms with E-state index in [1.807, 2.05) is 0 Å². The van der Waals surface area contributed by atoms with Crippen LogP contribution in [0, 0.1) is 10.1 Å². The Morgan fingerprint density at radius 1 is 1.41 bits per heavy atom. The summed E-state index contributed by atoms with van der Waals surface area (Å²) in [6.45, 7) is 3.57. The first-order chi connectivity index (χ1) is 10.4. The van der Waals surface area contributed by atoms with Crippen LogP contribution in [0.3, 0.4) is 0 Å². The van der Waals surface area contributed by atoms with Crippen LogP contribution in [0.4, 0.5) is 10.8 Å². The van der Waals surface area contributed by atoms with Gasteiger partial charge in [0, 0.05) is 11.8 Å². The molecule has 1 heterocycles. The molecule has 0 aliphatic carbocycles. The van der Waals surface area contributed by atoms with Gasteiger partial charge in [0.05, 0.1) is 4.92 Å². The standard InChI is InChI=1S/C11H10N4O4S3/c1-2-7-20-11-13-12-10(21-11)14-22(18,19)9-6-4-3-5-8(9)15(16)17/h2-6H,1,7H2,(H,12,14). The van der Waals surface area contributed by atoms with Crippen LogP contribution in [0.5, 0.6) is 0 Å². The van der Waals surface area contributed by atoms with Gasteiger partial charge in [0.2, 0.25) is 5.13 Å². The number of sulfonamides is 1. The summed E-state index contributed by atoms with van der Waals surface area (Å²) in [5.74, 6) is 0.617. The molecule has 0 aliphatic rings. The van der Waals surface area contributed by atoms with E-state index in [2.05, 4.69) is 21.5 Å². The third-order valence-electron chi connectivity index (χ3n) is 2.30. The van der Waals surface area contributed by atoms with Gasteiger partial charge in [-0.05, 0) is 6.07 Å². The second-order valence-electron chi connectivity index (χ2n) is 3.80. The van der Waals surface area contributed by atoms with Crippen molar-refractivity contribution in [3.63, 3.8) is 0 Å². The first kappa shape index (κ1) is 16.4. The highest BCUT2D eigenvalue weighted by Crippen LogP contribution is 2.29. The van der Waals surface area contributed by atoms with Gasteiger partial charge in [-0.1, -0.05) is 41.3 Å². The van der Waals surface area contributed by atoms with E-state index in [4.69, 9.17) is 0 Å². The van der Waals surface area contributed by atoms with Crippen LogP contribution < -0.4 is 4.72 Å². The molecule has 2 rings (SSSR count). The number of rotatable bonds is 7. The van der Waals surface area contributed by atoms with E-state index < -0.39 is 25.5 Å². The van der Waals surface area contributed by atoms with Gasteiger partial charge >= 0.3 is 0 Å². The molecule has 11 heteroatoms. The van der Waals surface area contributed by atoms with E-state index in [1.165, 1.54) is 23.9 Å². The van der Waals surface area contributed by atoms with Gasteiger partial charge < -0.3 is 0 Å². The fourth-order valence-electron chi connectivity index (χ4n) is 1.44. The summed E-state index contributed by atoms with van der Waals surface area (Å²) in [4.78, 5) is 9.75. The Morgan fingerprint density at radius 2 is 2.14 bits per heavy atom. The van der Waals surface area contributed by atoms with Crippen LogP contribution in [-0.2, 0) is 10.0 Å². The fraction of sp³-hybridized carbons (Fsp3) is 0.0909. The van der Waals surface area contributed by atoms with Crippen molar-refractivity contribution in [1.82, 2.24) is 10.2 Å². The second-order valence-corrected chi connectivity index (χ2v) is 7.70. The Balaban J connectivity index is 2.26. The minimum Gasteiger partial charge on any atom is -0.258 e. The van der Waals surface area contributed by atoms with E-state index >= 15 is 0 Å². The normalized spacial score (nSPS) is 11.1. The maximum Gasteiger partial charge on any atom is 0.289 e. The molecule has 116 valence electrons. The Kier molecular flexibility index (Phi) is 5.11. The number of hydrogen-bond donors (Lipinski definition) is 1. The monoisotopic (exact) mass is 358 g/mol. The van der Waals surface area contributed by atoms with Gasteiger partial charge in [-0.15, -0.1) is 16.8 Å². The number of nitrogens with zero attached hydrogens (tertiary/aromatic N) is 3. The third-order valence-corrected chi connectivity index (χ3v) is 5.79. The van der Waals surface area contributed by atoms with E-state index in [1.54, 1.807) is 6.08 Å². The summed E-state index contributed by atoms with van der Waals surface area (Å²) in [7, 11) is -4.11. The number of nitrogens with one attached hydrogen (secondary N) is 1. The number of nitro benzene ring substituents is 1. The van der Waals surface area contributed by atoms with Crippen LogP contribution in [0.25, 0.3) is 0 Å². The molecule has 0 saturated carbocycles. The number of benzene rings is 1. The van der Waals surface area contributed by atoms with Crippen molar-refractivity contribution in [3.05, 3.63) is 47.0 Å². The molecule has 0 radical (unpaired) electrons. The molecule has 1 N–H and O–H groups in total. The van der Waals surface area contributed by atoms with Crippen molar-refractivity contribution >= 4 is 43.9 Å². The topological polar surface area (TPSA) is 115 Å². The molecule has 1 aromatic carbocycles. The molecule has 0 saturated heterocycles. The summed E-state index contributed by atoms with van der Waals surface area (Å²) in [6, 6.07) is 5.09. The van der Waals surface area contributed by atoms with Gasteiger partial charge in [-0.25, -0.2) is 8.42 Å². The van der Waals surface area contributed by atoms with E-state index in [0.717, 1.165) is 23.5 Å². The van der Waals surface area contributed by atoms with Crippen molar-refractivity contribution in [2.75, 3.05) is 10.5 Å². The van der Waals surface area contributed by atoms with Gasteiger partial charge in [0.25, 0.3) is 15.7 Å². The molecule has 0 unspecified atom stereocenters. The minimum absolute atomic E-state index is 0.0460. The first-order valence-corrected chi connectivity index (χ1v) is 9.06. The second kappa shape index (κ2) is 6.85. The number of hydrogen-bond acceptors (Lipinski definition) is 8. The maximum atomic E-state index is 12.3. The molecule has 0 spiro atoms. The Morgan fingerprint density at radius 3 is 2.82 bits per heavy atom. The number of aromatic nitrogens is 2. The van der Waals surface area contributed by atoms with Crippen LogP contribution in [0.15, 0.2) is 46.2 Å². The lowest BCUT2D eigenvalue weighted by atomic mass is 10.3. The molecule has 0 amide bonds. The lowest BCUT2D eigenvalue weighted by Gasteiger charge is -2.04. The Bertz CT molecular complexity index is 803. The van der Waals surface area contributed by atoms with E-state index in [9.17, 15) is 18.5 Å². The highest BCUT2D eigenvalue weighted by molar-refractivity contribution is 8.01.